The first-order valence-electron chi connectivity index (χ1n) is 7.29. The summed E-state index contributed by atoms with van der Waals surface area (Å²) in [5, 5.41) is 2.65. The van der Waals surface area contributed by atoms with Crippen molar-refractivity contribution < 1.29 is 9.59 Å². The molecule has 114 valence electrons. The fourth-order valence-electron chi connectivity index (χ4n) is 1.95. The molecule has 1 N–H and O–H groups in total. The molecule has 1 rings (SSSR count). The van der Waals surface area contributed by atoms with Crippen molar-refractivity contribution in [2.24, 2.45) is 0 Å². The molecule has 0 saturated carbocycles. The van der Waals surface area contributed by atoms with Gasteiger partial charge in [0.25, 0.3) is 11.8 Å². The van der Waals surface area contributed by atoms with Crippen LogP contribution in [0.15, 0.2) is 30.9 Å². The molecule has 0 radical (unpaired) electrons. The molecule has 5 heteroatoms. The molecular formula is C16H23N3O2. The molecule has 1 aromatic heterocycles. The molecule has 0 bridgehead atoms. The number of nitrogens with zero attached hydrogens (tertiary/aromatic N) is 2. The number of aromatic nitrogens is 1. The Morgan fingerprint density at radius 3 is 2.43 bits per heavy atom. The minimum Gasteiger partial charge on any atom is -0.347 e. The van der Waals surface area contributed by atoms with Gasteiger partial charge in [-0.2, -0.15) is 0 Å². The van der Waals surface area contributed by atoms with Crippen molar-refractivity contribution in [3.63, 3.8) is 0 Å². The molecule has 0 aromatic carbocycles. The topological polar surface area (TPSA) is 62.3 Å². The van der Waals surface area contributed by atoms with Crippen LogP contribution in [0.3, 0.4) is 0 Å². The molecule has 0 aliphatic rings. The van der Waals surface area contributed by atoms with Crippen molar-refractivity contribution >= 4 is 11.8 Å². The zero-order valence-corrected chi connectivity index (χ0v) is 12.8. The van der Waals surface area contributed by atoms with Crippen LogP contribution in [-0.2, 0) is 0 Å². The minimum absolute atomic E-state index is 0.128. The minimum atomic E-state index is -0.304. The summed E-state index contributed by atoms with van der Waals surface area (Å²) in [6.45, 7) is 9.36. The fourth-order valence-corrected chi connectivity index (χ4v) is 1.95. The second-order valence-electron chi connectivity index (χ2n) is 4.70. The number of carbonyl (C=O) groups excluding carboxylic acids is 2. The van der Waals surface area contributed by atoms with Gasteiger partial charge in [-0.3, -0.25) is 9.59 Å². The monoisotopic (exact) mass is 289 g/mol. The third-order valence-electron chi connectivity index (χ3n) is 2.88. The van der Waals surface area contributed by atoms with E-state index in [1.54, 1.807) is 29.2 Å². The summed E-state index contributed by atoms with van der Waals surface area (Å²) < 4.78 is 0. The van der Waals surface area contributed by atoms with E-state index in [4.69, 9.17) is 0 Å². The number of rotatable bonds is 8. The van der Waals surface area contributed by atoms with E-state index in [0.29, 0.717) is 25.3 Å². The van der Waals surface area contributed by atoms with Crippen molar-refractivity contribution in [1.29, 1.82) is 0 Å². The largest absolute Gasteiger partial charge is 0.347 e. The zero-order chi connectivity index (χ0) is 15.7. The molecule has 5 nitrogen and oxygen atoms in total. The first-order chi connectivity index (χ1) is 10.1. The Hall–Kier alpha value is -2.17. The molecule has 0 atom stereocenters. The Bertz CT molecular complexity index is 494. The van der Waals surface area contributed by atoms with E-state index in [0.717, 1.165) is 12.8 Å². The van der Waals surface area contributed by atoms with Crippen LogP contribution in [0.1, 0.15) is 47.7 Å². The predicted molar refractivity (Wildman–Crippen MR) is 83.3 cm³/mol. The highest BCUT2D eigenvalue weighted by atomic mass is 16.2. The molecule has 0 aliphatic heterocycles. The standard InChI is InChI=1S/C16H23N3O2/c1-4-10-17-15(20)13-8-7-9-14(18-13)16(21)19(11-5-2)12-6-3/h4,7-9H,1,5-6,10-12H2,2-3H3,(H,17,20). The van der Waals surface area contributed by atoms with Crippen LogP contribution >= 0.6 is 0 Å². The van der Waals surface area contributed by atoms with Crippen molar-refractivity contribution in [2.75, 3.05) is 19.6 Å². The van der Waals surface area contributed by atoms with Crippen LogP contribution < -0.4 is 5.32 Å². The van der Waals surface area contributed by atoms with Gasteiger partial charge in [0.05, 0.1) is 0 Å². The molecule has 1 heterocycles. The summed E-state index contributed by atoms with van der Waals surface area (Å²) in [6, 6.07) is 4.92. The quantitative estimate of drug-likeness (QED) is 0.747. The summed E-state index contributed by atoms with van der Waals surface area (Å²) in [5.41, 5.74) is 0.554. The van der Waals surface area contributed by atoms with Gasteiger partial charge in [0.2, 0.25) is 0 Å². The maximum atomic E-state index is 12.4. The normalized spacial score (nSPS) is 10.0. The van der Waals surface area contributed by atoms with E-state index in [1.165, 1.54) is 0 Å². The van der Waals surface area contributed by atoms with Crippen LogP contribution in [0.25, 0.3) is 0 Å². The van der Waals surface area contributed by atoms with Crippen molar-refractivity contribution in [1.82, 2.24) is 15.2 Å². The highest BCUT2D eigenvalue weighted by Gasteiger charge is 2.17. The van der Waals surface area contributed by atoms with E-state index in [-0.39, 0.29) is 17.5 Å². The summed E-state index contributed by atoms with van der Waals surface area (Å²) in [6.07, 6.45) is 3.38. The van der Waals surface area contributed by atoms with Crippen LogP contribution in [0, 0.1) is 0 Å². The van der Waals surface area contributed by atoms with Gasteiger partial charge in [0.15, 0.2) is 0 Å². The lowest BCUT2D eigenvalue weighted by Gasteiger charge is -2.21. The Morgan fingerprint density at radius 2 is 1.86 bits per heavy atom. The van der Waals surface area contributed by atoms with Gasteiger partial charge >= 0.3 is 0 Å². The third-order valence-corrected chi connectivity index (χ3v) is 2.88. The summed E-state index contributed by atoms with van der Waals surface area (Å²) in [4.78, 5) is 30.2. The lowest BCUT2D eigenvalue weighted by Crippen LogP contribution is -2.33. The SMILES string of the molecule is C=CCNC(=O)c1cccc(C(=O)N(CCC)CCC)n1. The Morgan fingerprint density at radius 1 is 1.24 bits per heavy atom. The number of hydrogen-bond donors (Lipinski definition) is 1. The van der Waals surface area contributed by atoms with Crippen LogP contribution in [-0.4, -0.2) is 41.3 Å². The molecule has 2 amide bonds. The number of nitrogens with one attached hydrogen (secondary N) is 1. The number of hydrogen-bond acceptors (Lipinski definition) is 3. The molecule has 0 spiro atoms. The molecule has 1 aromatic rings. The molecule has 0 saturated heterocycles. The molecule has 21 heavy (non-hydrogen) atoms. The highest BCUT2D eigenvalue weighted by molar-refractivity contribution is 5.96. The van der Waals surface area contributed by atoms with Crippen LogP contribution in [0.4, 0.5) is 0 Å². The second-order valence-corrected chi connectivity index (χ2v) is 4.70. The lowest BCUT2D eigenvalue weighted by atomic mass is 10.2. The van der Waals surface area contributed by atoms with E-state index in [9.17, 15) is 9.59 Å². The number of carbonyl (C=O) groups is 2. The maximum absolute atomic E-state index is 12.4. The fraction of sp³-hybridized carbons (Fsp3) is 0.438. The van der Waals surface area contributed by atoms with Gasteiger partial charge in [0, 0.05) is 19.6 Å². The van der Waals surface area contributed by atoms with Gasteiger partial charge in [-0.15, -0.1) is 6.58 Å². The number of pyridine rings is 1. The average Bonchev–Trinajstić information content (AvgIpc) is 2.51. The van der Waals surface area contributed by atoms with Crippen LogP contribution in [0.5, 0.6) is 0 Å². The average molecular weight is 289 g/mol. The highest BCUT2D eigenvalue weighted by Crippen LogP contribution is 2.06. The zero-order valence-electron chi connectivity index (χ0n) is 12.8. The number of amides is 2. The van der Waals surface area contributed by atoms with E-state index >= 15 is 0 Å². The molecule has 0 unspecified atom stereocenters. The van der Waals surface area contributed by atoms with Gasteiger partial charge in [-0.05, 0) is 25.0 Å². The third kappa shape index (κ3) is 5.02. The van der Waals surface area contributed by atoms with E-state index < -0.39 is 0 Å². The summed E-state index contributed by atoms with van der Waals surface area (Å²) >= 11 is 0. The first-order valence-corrected chi connectivity index (χ1v) is 7.29. The van der Waals surface area contributed by atoms with Gasteiger partial charge in [-0.25, -0.2) is 4.98 Å². The second kappa shape index (κ2) is 8.89. The lowest BCUT2D eigenvalue weighted by molar-refractivity contribution is 0.0749. The maximum Gasteiger partial charge on any atom is 0.272 e. The van der Waals surface area contributed by atoms with E-state index in [1.807, 2.05) is 13.8 Å². The van der Waals surface area contributed by atoms with Gasteiger partial charge in [0.1, 0.15) is 11.4 Å². The Balaban J connectivity index is 2.89. The van der Waals surface area contributed by atoms with Crippen molar-refractivity contribution in [2.45, 2.75) is 26.7 Å². The predicted octanol–water partition coefficient (Wildman–Crippen LogP) is 2.26. The molecule has 0 fully saturated rings. The first kappa shape index (κ1) is 16.9. The Labute approximate surface area is 126 Å². The summed E-state index contributed by atoms with van der Waals surface area (Å²) in [5.74, 6) is -0.431. The smallest absolute Gasteiger partial charge is 0.272 e. The Kier molecular flexibility index (Phi) is 7.15. The van der Waals surface area contributed by atoms with Crippen LogP contribution in [0.2, 0.25) is 0 Å². The van der Waals surface area contributed by atoms with Gasteiger partial charge in [-0.1, -0.05) is 26.0 Å². The molecular weight excluding hydrogens is 266 g/mol. The van der Waals surface area contributed by atoms with Crippen molar-refractivity contribution in [3.8, 4) is 0 Å². The summed E-state index contributed by atoms with van der Waals surface area (Å²) in [7, 11) is 0. The van der Waals surface area contributed by atoms with Gasteiger partial charge < -0.3 is 10.2 Å². The van der Waals surface area contributed by atoms with Crippen molar-refractivity contribution in [3.05, 3.63) is 42.2 Å². The molecule has 0 aliphatic carbocycles. The van der Waals surface area contributed by atoms with E-state index in [2.05, 4.69) is 16.9 Å².